The maximum absolute atomic E-state index is 11.8. The van der Waals surface area contributed by atoms with E-state index >= 15 is 0 Å². The molecule has 16 heavy (non-hydrogen) atoms. The van der Waals surface area contributed by atoms with Crippen molar-refractivity contribution in [3.63, 3.8) is 0 Å². The van der Waals surface area contributed by atoms with Gasteiger partial charge < -0.3 is 0 Å². The lowest BCUT2D eigenvalue weighted by Gasteiger charge is -1.92. The Morgan fingerprint density at radius 2 is 2.06 bits per heavy atom. The van der Waals surface area contributed by atoms with Crippen molar-refractivity contribution >= 4 is 16.7 Å². The van der Waals surface area contributed by atoms with Crippen LogP contribution in [-0.2, 0) is 14.1 Å². The highest BCUT2D eigenvalue weighted by Crippen LogP contribution is 2.13. The number of hydrogen-bond donors (Lipinski definition) is 1. The zero-order valence-electron chi connectivity index (χ0n) is 9.48. The number of aromatic amines is 1. The van der Waals surface area contributed by atoms with Crippen LogP contribution >= 0.6 is 0 Å². The lowest BCUT2D eigenvalue weighted by atomic mass is 10.4. The summed E-state index contributed by atoms with van der Waals surface area (Å²) in [4.78, 5) is 15.1. The average molecular weight is 217 g/mol. The van der Waals surface area contributed by atoms with Gasteiger partial charge in [0.2, 0.25) is 0 Å². The molecule has 5 heteroatoms. The Balaban J connectivity index is 2.69. The Morgan fingerprint density at radius 1 is 1.31 bits per heavy atom. The number of H-pyrrole nitrogens is 1. The van der Waals surface area contributed by atoms with Crippen LogP contribution in [0, 0.1) is 6.92 Å². The Kier molecular flexibility index (Phi) is 1.58. The highest BCUT2D eigenvalue weighted by molar-refractivity contribution is 5.86. The fourth-order valence-corrected chi connectivity index (χ4v) is 2.23. The summed E-state index contributed by atoms with van der Waals surface area (Å²) in [6, 6.07) is 1.96. The van der Waals surface area contributed by atoms with Crippen molar-refractivity contribution in [2.45, 2.75) is 6.92 Å². The first kappa shape index (κ1) is 9.21. The number of aromatic nitrogens is 4. The fraction of sp³-hybridized carbons (Fsp3) is 0.273. The minimum Gasteiger partial charge on any atom is -0.295 e. The van der Waals surface area contributed by atoms with Crippen LogP contribution in [0.2, 0.25) is 0 Å². The van der Waals surface area contributed by atoms with Crippen molar-refractivity contribution in [3.8, 4) is 0 Å². The maximum atomic E-state index is 11.8. The van der Waals surface area contributed by atoms with Crippen molar-refractivity contribution in [1.29, 1.82) is 0 Å². The first-order valence-electron chi connectivity index (χ1n) is 5.14. The molecule has 82 valence electrons. The second-order valence-corrected chi connectivity index (χ2v) is 4.14. The molecule has 0 amide bonds. The fourth-order valence-electron chi connectivity index (χ4n) is 2.23. The summed E-state index contributed by atoms with van der Waals surface area (Å²) < 4.78 is 5.32. The van der Waals surface area contributed by atoms with E-state index in [2.05, 4.69) is 4.98 Å². The van der Waals surface area contributed by atoms with Gasteiger partial charge in [-0.3, -0.25) is 9.13 Å². The van der Waals surface area contributed by atoms with Crippen LogP contribution in [0.1, 0.15) is 5.69 Å². The summed E-state index contributed by atoms with van der Waals surface area (Å²) in [5.74, 6) is 0. The molecule has 0 aliphatic rings. The van der Waals surface area contributed by atoms with Crippen LogP contribution in [0.5, 0.6) is 0 Å². The van der Waals surface area contributed by atoms with Crippen molar-refractivity contribution in [1.82, 2.24) is 14.1 Å². The van der Waals surface area contributed by atoms with E-state index in [9.17, 15) is 4.79 Å². The topological polar surface area (TPSA) is 46.8 Å². The second kappa shape index (κ2) is 2.75. The first-order valence-corrected chi connectivity index (χ1v) is 5.14. The number of nitrogens with zero attached hydrogens (tertiary/aromatic N) is 3. The zero-order valence-corrected chi connectivity index (χ0v) is 9.48. The molecule has 0 aliphatic heterocycles. The smallest absolute Gasteiger partial charge is 0.295 e. The predicted molar refractivity (Wildman–Crippen MR) is 60.4 cm³/mol. The van der Waals surface area contributed by atoms with Crippen molar-refractivity contribution in [2.24, 2.45) is 14.1 Å². The Hall–Kier alpha value is -2.04. The van der Waals surface area contributed by atoms with Gasteiger partial charge in [-0.1, -0.05) is 0 Å². The lowest BCUT2D eigenvalue weighted by Crippen LogP contribution is -2.20. The minimum absolute atomic E-state index is 0.00430. The summed E-state index contributed by atoms with van der Waals surface area (Å²) in [5.41, 5.74) is 3.90. The number of fused-ring (bicyclic) bond motifs is 3. The van der Waals surface area contributed by atoms with Gasteiger partial charge in [0, 0.05) is 27.1 Å². The van der Waals surface area contributed by atoms with E-state index in [1.807, 2.05) is 29.8 Å². The zero-order chi connectivity index (χ0) is 11.4. The van der Waals surface area contributed by atoms with Gasteiger partial charge in [-0.2, -0.15) is 0 Å². The molecule has 5 nitrogen and oxygen atoms in total. The van der Waals surface area contributed by atoms with Crippen LogP contribution in [0.3, 0.4) is 0 Å². The summed E-state index contributed by atoms with van der Waals surface area (Å²) in [5, 5.41) is 0. The van der Waals surface area contributed by atoms with Crippen molar-refractivity contribution in [2.75, 3.05) is 0 Å². The molecule has 0 unspecified atom stereocenters. The summed E-state index contributed by atoms with van der Waals surface area (Å²) in [6.07, 6.45) is 3.97. The Bertz CT molecular complexity index is 760. The van der Waals surface area contributed by atoms with E-state index in [0.717, 1.165) is 22.4 Å². The molecular weight excluding hydrogens is 204 g/mol. The van der Waals surface area contributed by atoms with E-state index < -0.39 is 0 Å². The van der Waals surface area contributed by atoms with Crippen LogP contribution in [-0.4, -0.2) is 14.1 Å². The molecule has 3 aromatic rings. The number of imidazole rings is 2. The summed E-state index contributed by atoms with van der Waals surface area (Å²) in [6.45, 7) is 2.00. The second-order valence-electron chi connectivity index (χ2n) is 4.14. The van der Waals surface area contributed by atoms with E-state index in [1.165, 1.54) is 0 Å². The molecule has 0 aromatic carbocycles. The third kappa shape index (κ3) is 0.946. The molecule has 0 saturated carbocycles. The van der Waals surface area contributed by atoms with Crippen LogP contribution in [0.4, 0.5) is 0 Å². The minimum atomic E-state index is -0.00430. The molecule has 3 rings (SSSR count). The lowest BCUT2D eigenvalue weighted by molar-refractivity contribution is -0.509. The monoisotopic (exact) mass is 217 g/mol. The van der Waals surface area contributed by atoms with Gasteiger partial charge in [-0.15, -0.1) is 0 Å². The van der Waals surface area contributed by atoms with E-state index in [4.69, 9.17) is 0 Å². The Labute approximate surface area is 91.6 Å². The highest BCUT2D eigenvalue weighted by Gasteiger charge is 2.17. The number of aryl methyl sites for hydroxylation is 3. The maximum Gasteiger partial charge on any atom is 0.328 e. The van der Waals surface area contributed by atoms with Gasteiger partial charge in [0.25, 0.3) is 0 Å². The highest BCUT2D eigenvalue weighted by atomic mass is 16.1. The van der Waals surface area contributed by atoms with E-state index in [0.29, 0.717) is 0 Å². The number of nitrogens with one attached hydrogen (secondary N) is 1. The molecule has 0 aliphatic carbocycles. The average Bonchev–Trinajstić information content (AvgIpc) is 2.72. The van der Waals surface area contributed by atoms with Gasteiger partial charge in [-0.05, 0) is 0 Å². The molecule has 0 atom stereocenters. The van der Waals surface area contributed by atoms with E-state index in [-0.39, 0.29) is 5.69 Å². The number of rotatable bonds is 0. The normalized spacial score (nSPS) is 11.7. The number of pyridine rings is 1. The molecule has 0 saturated heterocycles. The third-order valence-electron chi connectivity index (χ3n) is 3.04. The summed E-state index contributed by atoms with van der Waals surface area (Å²) >= 11 is 0. The standard InChI is InChI=1S/C11H12N4O/c1-7-6-15-5-4-8-9(10(15)12-7)14(3)11(16)13(8)2/h4-6H,1-3H3/p+1. The quantitative estimate of drug-likeness (QED) is 0.539. The van der Waals surface area contributed by atoms with Crippen LogP contribution < -0.4 is 10.1 Å². The predicted octanol–water partition coefficient (Wildman–Crippen LogP) is 0.252. The van der Waals surface area contributed by atoms with Crippen LogP contribution in [0.15, 0.2) is 23.3 Å². The molecule has 0 radical (unpaired) electrons. The van der Waals surface area contributed by atoms with Gasteiger partial charge >= 0.3 is 11.3 Å². The molecular formula is C11H13N4O+. The molecule has 0 spiro atoms. The summed E-state index contributed by atoms with van der Waals surface area (Å²) in [7, 11) is 3.58. The number of hydrogen-bond acceptors (Lipinski definition) is 1. The molecule has 3 aromatic heterocycles. The SMILES string of the molecule is Cc1c[n+]2ccc3c(c2[nH]1)n(C)c(=O)n3C. The van der Waals surface area contributed by atoms with Gasteiger partial charge in [0.15, 0.2) is 5.52 Å². The first-order chi connectivity index (χ1) is 7.59. The largest absolute Gasteiger partial charge is 0.328 e. The van der Waals surface area contributed by atoms with Gasteiger partial charge in [0.05, 0.1) is 11.7 Å². The molecule has 1 N–H and O–H groups in total. The third-order valence-corrected chi connectivity index (χ3v) is 3.04. The van der Waals surface area contributed by atoms with E-state index in [1.54, 1.807) is 23.2 Å². The Morgan fingerprint density at radius 3 is 2.81 bits per heavy atom. The van der Waals surface area contributed by atoms with Gasteiger partial charge in [-0.25, -0.2) is 14.2 Å². The molecule has 0 bridgehead atoms. The van der Waals surface area contributed by atoms with Crippen LogP contribution in [0.25, 0.3) is 16.7 Å². The van der Waals surface area contributed by atoms with Gasteiger partial charge in [0.1, 0.15) is 11.9 Å². The van der Waals surface area contributed by atoms with Crippen molar-refractivity contribution in [3.05, 3.63) is 34.6 Å². The molecule has 0 fully saturated rings. The van der Waals surface area contributed by atoms with Crippen molar-refractivity contribution < 1.29 is 4.40 Å². The molecule has 3 heterocycles.